The van der Waals surface area contributed by atoms with Crippen molar-refractivity contribution in [3.63, 3.8) is 0 Å². The van der Waals surface area contributed by atoms with Crippen LogP contribution in [0.2, 0.25) is 0 Å². The largest absolute Gasteiger partial charge is 0.387 e. The van der Waals surface area contributed by atoms with Crippen LogP contribution in [-0.4, -0.2) is 57.7 Å². The van der Waals surface area contributed by atoms with Crippen LogP contribution in [0.25, 0.3) is 0 Å². The van der Waals surface area contributed by atoms with Crippen molar-refractivity contribution in [2.24, 2.45) is 0 Å². The van der Waals surface area contributed by atoms with Crippen LogP contribution in [0.5, 0.6) is 0 Å². The van der Waals surface area contributed by atoms with E-state index in [1.807, 2.05) is 13.1 Å². The smallest absolute Gasteiger partial charge is 0.101 e. The molecule has 4 heterocycles. The molecule has 1 aromatic heterocycles. The zero-order valence-electron chi connectivity index (χ0n) is 15.2. The molecule has 3 aliphatic rings. The standard InChI is InChI=1S/C20H28N4O/c1-15-18(11-21)17-6-10-23(13-16(17)12-22-15)14-20(25)7-4-9-24-8-3-2-5-19(20)24/h12,19,25H,2-10,13-14H2,1H3/t19-,20-/m1/s1. The summed E-state index contributed by atoms with van der Waals surface area (Å²) in [5, 5.41) is 20.9. The maximum absolute atomic E-state index is 11.5. The van der Waals surface area contributed by atoms with Crippen LogP contribution in [0.1, 0.15) is 54.5 Å². The predicted molar refractivity (Wildman–Crippen MR) is 96.1 cm³/mol. The van der Waals surface area contributed by atoms with Crippen molar-refractivity contribution < 1.29 is 5.11 Å². The molecule has 1 N–H and O–H groups in total. The summed E-state index contributed by atoms with van der Waals surface area (Å²) in [7, 11) is 0. The lowest BCUT2D eigenvalue weighted by molar-refractivity contribution is -0.110. The summed E-state index contributed by atoms with van der Waals surface area (Å²) in [6, 6.07) is 2.65. The fraction of sp³-hybridized carbons (Fsp3) is 0.700. The molecule has 0 spiro atoms. The van der Waals surface area contributed by atoms with E-state index >= 15 is 0 Å². The Hall–Kier alpha value is -1.48. The quantitative estimate of drug-likeness (QED) is 0.892. The molecule has 25 heavy (non-hydrogen) atoms. The van der Waals surface area contributed by atoms with E-state index in [1.165, 1.54) is 18.4 Å². The molecule has 2 saturated heterocycles. The van der Waals surface area contributed by atoms with Gasteiger partial charge in [-0.05, 0) is 63.2 Å². The Morgan fingerprint density at radius 1 is 1.32 bits per heavy atom. The maximum atomic E-state index is 11.5. The Morgan fingerprint density at radius 3 is 3.00 bits per heavy atom. The first kappa shape index (κ1) is 17.0. The third-order valence-electron chi connectivity index (χ3n) is 6.44. The molecule has 0 amide bonds. The molecular formula is C20H28N4O. The summed E-state index contributed by atoms with van der Waals surface area (Å²) in [5.74, 6) is 0. The summed E-state index contributed by atoms with van der Waals surface area (Å²) < 4.78 is 0. The van der Waals surface area contributed by atoms with E-state index in [4.69, 9.17) is 0 Å². The van der Waals surface area contributed by atoms with Crippen molar-refractivity contribution >= 4 is 0 Å². The van der Waals surface area contributed by atoms with Gasteiger partial charge in [0.05, 0.1) is 16.9 Å². The molecule has 5 nitrogen and oxygen atoms in total. The number of pyridine rings is 1. The van der Waals surface area contributed by atoms with Gasteiger partial charge in [-0.1, -0.05) is 6.42 Å². The number of hydrogen-bond donors (Lipinski definition) is 1. The monoisotopic (exact) mass is 340 g/mol. The SMILES string of the molecule is Cc1ncc2c(c1C#N)CCN(C[C@]1(O)CCCN3CCCC[C@@H]31)C2. The summed E-state index contributed by atoms with van der Waals surface area (Å²) in [4.78, 5) is 9.30. The van der Waals surface area contributed by atoms with Gasteiger partial charge in [0.15, 0.2) is 0 Å². The number of aliphatic hydroxyl groups is 1. The minimum Gasteiger partial charge on any atom is -0.387 e. The van der Waals surface area contributed by atoms with Crippen LogP contribution in [0, 0.1) is 18.3 Å². The Balaban J connectivity index is 1.51. The lowest BCUT2D eigenvalue weighted by Crippen LogP contribution is -2.62. The van der Waals surface area contributed by atoms with Gasteiger partial charge in [0, 0.05) is 31.9 Å². The number of rotatable bonds is 2. The predicted octanol–water partition coefficient (Wildman–Crippen LogP) is 2.00. The average molecular weight is 340 g/mol. The van der Waals surface area contributed by atoms with Crippen LogP contribution in [0.15, 0.2) is 6.20 Å². The van der Waals surface area contributed by atoms with E-state index in [-0.39, 0.29) is 0 Å². The number of aryl methyl sites for hydroxylation is 1. The minimum atomic E-state index is -0.591. The summed E-state index contributed by atoms with van der Waals surface area (Å²) in [6.07, 6.45) is 8.44. The van der Waals surface area contributed by atoms with Crippen molar-refractivity contribution in [3.8, 4) is 6.07 Å². The molecule has 0 radical (unpaired) electrons. The average Bonchev–Trinajstić information content (AvgIpc) is 2.62. The molecule has 134 valence electrons. The van der Waals surface area contributed by atoms with Gasteiger partial charge in [-0.3, -0.25) is 14.8 Å². The van der Waals surface area contributed by atoms with Gasteiger partial charge in [-0.25, -0.2) is 0 Å². The number of aromatic nitrogens is 1. The fourth-order valence-electron chi connectivity index (χ4n) is 5.18. The van der Waals surface area contributed by atoms with Gasteiger partial charge < -0.3 is 5.11 Å². The van der Waals surface area contributed by atoms with Gasteiger partial charge in [0.1, 0.15) is 6.07 Å². The van der Waals surface area contributed by atoms with Crippen molar-refractivity contribution in [1.29, 1.82) is 5.26 Å². The highest BCUT2D eigenvalue weighted by atomic mass is 16.3. The van der Waals surface area contributed by atoms with E-state index in [0.29, 0.717) is 6.04 Å². The van der Waals surface area contributed by atoms with E-state index in [0.717, 1.165) is 75.2 Å². The van der Waals surface area contributed by atoms with Gasteiger partial charge in [0.2, 0.25) is 0 Å². The third kappa shape index (κ3) is 3.08. The highest BCUT2D eigenvalue weighted by molar-refractivity contribution is 5.45. The lowest BCUT2D eigenvalue weighted by atomic mass is 9.79. The molecule has 0 aliphatic carbocycles. The van der Waals surface area contributed by atoms with E-state index < -0.39 is 5.60 Å². The normalized spacial score (nSPS) is 30.4. The number of fused-ring (bicyclic) bond motifs is 2. The lowest BCUT2D eigenvalue weighted by Gasteiger charge is -2.51. The molecule has 1 aromatic rings. The zero-order chi connectivity index (χ0) is 17.4. The summed E-state index contributed by atoms with van der Waals surface area (Å²) in [5.41, 5.74) is 3.33. The van der Waals surface area contributed by atoms with Gasteiger partial charge in [0.25, 0.3) is 0 Å². The number of piperidine rings is 2. The molecule has 2 fully saturated rings. The van der Waals surface area contributed by atoms with Gasteiger partial charge in [-0.15, -0.1) is 0 Å². The second-order valence-electron chi connectivity index (χ2n) is 8.05. The summed E-state index contributed by atoms with van der Waals surface area (Å²) >= 11 is 0. The number of β-amino-alcohol motifs (C(OH)–C–C–N with tert-alkyl or cyclic N) is 1. The van der Waals surface area contributed by atoms with Crippen LogP contribution in [0.4, 0.5) is 0 Å². The second kappa shape index (κ2) is 6.68. The molecule has 2 atom stereocenters. The Kier molecular flexibility index (Phi) is 4.53. The molecule has 5 heteroatoms. The summed E-state index contributed by atoms with van der Waals surface area (Å²) in [6.45, 7) is 6.65. The van der Waals surface area contributed by atoms with Crippen molar-refractivity contribution in [2.45, 2.75) is 63.6 Å². The first-order valence-electron chi connectivity index (χ1n) is 9.67. The van der Waals surface area contributed by atoms with Crippen molar-refractivity contribution in [2.75, 3.05) is 26.2 Å². The van der Waals surface area contributed by atoms with Crippen molar-refractivity contribution in [1.82, 2.24) is 14.8 Å². The highest BCUT2D eigenvalue weighted by Gasteiger charge is 2.45. The zero-order valence-corrected chi connectivity index (χ0v) is 15.2. The Bertz CT molecular complexity index is 696. The number of nitriles is 1. The van der Waals surface area contributed by atoms with E-state index in [9.17, 15) is 10.4 Å². The van der Waals surface area contributed by atoms with Crippen LogP contribution < -0.4 is 0 Å². The molecule has 0 bridgehead atoms. The highest BCUT2D eigenvalue weighted by Crippen LogP contribution is 2.35. The van der Waals surface area contributed by atoms with E-state index in [2.05, 4.69) is 20.9 Å². The molecule has 0 aromatic carbocycles. The van der Waals surface area contributed by atoms with Crippen LogP contribution >= 0.6 is 0 Å². The van der Waals surface area contributed by atoms with Crippen LogP contribution in [0.3, 0.4) is 0 Å². The Morgan fingerprint density at radius 2 is 2.16 bits per heavy atom. The first-order chi connectivity index (χ1) is 12.1. The Labute approximate surface area is 150 Å². The molecule has 0 saturated carbocycles. The fourth-order valence-corrected chi connectivity index (χ4v) is 5.18. The molecular weight excluding hydrogens is 312 g/mol. The number of nitrogens with zero attached hydrogens (tertiary/aromatic N) is 4. The van der Waals surface area contributed by atoms with Gasteiger partial charge >= 0.3 is 0 Å². The van der Waals surface area contributed by atoms with Crippen LogP contribution in [-0.2, 0) is 13.0 Å². The molecule has 4 rings (SSSR count). The first-order valence-corrected chi connectivity index (χ1v) is 9.67. The van der Waals surface area contributed by atoms with Crippen molar-refractivity contribution in [3.05, 3.63) is 28.6 Å². The number of hydrogen-bond acceptors (Lipinski definition) is 5. The van der Waals surface area contributed by atoms with E-state index in [1.54, 1.807) is 0 Å². The minimum absolute atomic E-state index is 0.321. The van der Waals surface area contributed by atoms with Gasteiger partial charge in [-0.2, -0.15) is 5.26 Å². The second-order valence-corrected chi connectivity index (χ2v) is 8.05. The topological polar surface area (TPSA) is 63.4 Å². The third-order valence-corrected chi connectivity index (χ3v) is 6.44. The molecule has 0 unspecified atom stereocenters. The maximum Gasteiger partial charge on any atom is 0.101 e. The molecule has 3 aliphatic heterocycles.